The lowest BCUT2D eigenvalue weighted by molar-refractivity contribution is 0.460. The summed E-state index contributed by atoms with van der Waals surface area (Å²) in [6, 6.07) is 6.79. The van der Waals surface area contributed by atoms with Crippen LogP contribution in [0.3, 0.4) is 0 Å². The Bertz CT molecular complexity index is 504. The van der Waals surface area contributed by atoms with Gasteiger partial charge in [0, 0.05) is 29.6 Å². The van der Waals surface area contributed by atoms with Gasteiger partial charge in [-0.3, -0.25) is 16.0 Å². The van der Waals surface area contributed by atoms with Crippen LogP contribution in [-0.4, -0.2) is 15.8 Å². The minimum Gasteiger partial charge on any atom is -0.271 e. The van der Waals surface area contributed by atoms with Crippen LogP contribution >= 0.6 is 11.3 Å². The second-order valence-electron chi connectivity index (χ2n) is 5.13. The highest BCUT2D eigenvalue weighted by atomic mass is 32.1. The number of hydrogen-bond acceptors (Lipinski definition) is 4. The van der Waals surface area contributed by atoms with Gasteiger partial charge < -0.3 is 0 Å². The Labute approximate surface area is 125 Å². The Morgan fingerprint density at radius 2 is 2.35 bits per heavy atom. The number of aromatic nitrogens is 2. The first-order chi connectivity index (χ1) is 9.72. The van der Waals surface area contributed by atoms with Crippen molar-refractivity contribution in [2.24, 2.45) is 5.84 Å². The third-order valence-corrected chi connectivity index (χ3v) is 4.47. The molecule has 0 aliphatic heterocycles. The fourth-order valence-corrected chi connectivity index (χ4v) is 3.26. The molecule has 2 aromatic heterocycles. The molecule has 0 radical (unpaired) electrons. The van der Waals surface area contributed by atoms with Gasteiger partial charge in [-0.2, -0.15) is 5.10 Å². The van der Waals surface area contributed by atoms with Gasteiger partial charge in [0.25, 0.3) is 0 Å². The van der Waals surface area contributed by atoms with Crippen molar-refractivity contribution in [3.05, 3.63) is 39.8 Å². The summed E-state index contributed by atoms with van der Waals surface area (Å²) in [5.74, 6) is 5.70. The lowest BCUT2D eigenvalue weighted by Gasteiger charge is -2.16. The van der Waals surface area contributed by atoms with Crippen molar-refractivity contribution in [2.75, 3.05) is 0 Å². The minimum absolute atomic E-state index is 0.316. The lowest BCUT2D eigenvalue weighted by atomic mass is 10.0. The molecular weight excluding hydrogens is 268 g/mol. The summed E-state index contributed by atoms with van der Waals surface area (Å²) in [6.45, 7) is 5.07. The molecule has 0 fully saturated rings. The van der Waals surface area contributed by atoms with E-state index in [2.05, 4.69) is 45.7 Å². The molecule has 0 aliphatic rings. The molecule has 4 nitrogen and oxygen atoms in total. The molecule has 0 spiro atoms. The van der Waals surface area contributed by atoms with Gasteiger partial charge in [-0.15, -0.1) is 11.3 Å². The van der Waals surface area contributed by atoms with Crippen molar-refractivity contribution in [1.29, 1.82) is 0 Å². The first-order valence-electron chi connectivity index (χ1n) is 7.24. The molecule has 2 rings (SSSR count). The monoisotopic (exact) mass is 292 g/mol. The van der Waals surface area contributed by atoms with Gasteiger partial charge in [-0.05, 0) is 50.6 Å². The predicted octanol–water partition coefficient (Wildman–Crippen LogP) is 2.67. The zero-order valence-corrected chi connectivity index (χ0v) is 13.1. The van der Waals surface area contributed by atoms with Crippen molar-refractivity contribution in [2.45, 2.75) is 52.1 Å². The molecule has 0 saturated carbocycles. The Morgan fingerprint density at radius 3 is 3.00 bits per heavy atom. The minimum atomic E-state index is 0.316. The molecule has 2 heterocycles. The normalized spacial score (nSPS) is 12.8. The molecular formula is C15H24N4S. The fourth-order valence-electron chi connectivity index (χ4n) is 2.51. The summed E-state index contributed by atoms with van der Waals surface area (Å²) < 4.78 is 2.07. The number of nitrogens with two attached hydrogens (primary N) is 1. The standard InChI is InChI=1S/C15H24N4S/c1-3-19-14(10-12(2)18-19)11-13(17-16)6-4-7-15-8-5-9-20-15/h5,8-10,13,17H,3-4,6-7,11,16H2,1-2H3. The van der Waals surface area contributed by atoms with Gasteiger partial charge in [0.2, 0.25) is 0 Å². The second-order valence-corrected chi connectivity index (χ2v) is 6.16. The van der Waals surface area contributed by atoms with Gasteiger partial charge in [-0.25, -0.2) is 0 Å². The highest BCUT2D eigenvalue weighted by Gasteiger charge is 2.12. The smallest absolute Gasteiger partial charge is 0.0596 e. The quantitative estimate of drug-likeness (QED) is 0.581. The van der Waals surface area contributed by atoms with Crippen molar-refractivity contribution in [1.82, 2.24) is 15.2 Å². The van der Waals surface area contributed by atoms with Gasteiger partial charge >= 0.3 is 0 Å². The van der Waals surface area contributed by atoms with E-state index in [0.29, 0.717) is 6.04 Å². The second kappa shape index (κ2) is 7.57. The SMILES string of the molecule is CCn1nc(C)cc1CC(CCCc1cccs1)NN. The van der Waals surface area contributed by atoms with Crippen LogP contribution in [0.1, 0.15) is 36.0 Å². The average molecular weight is 292 g/mol. The molecule has 20 heavy (non-hydrogen) atoms. The van der Waals surface area contributed by atoms with Crippen molar-refractivity contribution in [3.8, 4) is 0 Å². The number of nitrogens with one attached hydrogen (secondary N) is 1. The first-order valence-corrected chi connectivity index (χ1v) is 8.12. The third kappa shape index (κ3) is 4.16. The molecule has 2 aromatic rings. The molecule has 0 bridgehead atoms. The number of aryl methyl sites for hydroxylation is 3. The molecule has 1 unspecified atom stereocenters. The van der Waals surface area contributed by atoms with E-state index >= 15 is 0 Å². The van der Waals surface area contributed by atoms with Crippen LogP contribution in [-0.2, 0) is 19.4 Å². The fraction of sp³-hybridized carbons (Fsp3) is 0.533. The van der Waals surface area contributed by atoms with Crippen LogP contribution in [0.25, 0.3) is 0 Å². The predicted molar refractivity (Wildman–Crippen MR) is 84.7 cm³/mol. The van der Waals surface area contributed by atoms with E-state index in [1.165, 1.54) is 10.6 Å². The lowest BCUT2D eigenvalue weighted by Crippen LogP contribution is -2.37. The van der Waals surface area contributed by atoms with Crippen molar-refractivity contribution < 1.29 is 0 Å². The van der Waals surface area contributed by atoms with Crippen molar-refractivity contribution >= 4 is 11.3 Å². The Hall–Kier alpha value is -1.17. The Balaban J connectivity index is 1.85. The maximum atomic E-state index is 5.70. The largest absolute Gasteiger partial charge is 0.271 e. The number of nitrogens with zero attached hydrogens (tertiary/aromatic N) is 2. The average Bonchev–Trinajstić information content (AvgIpc) is 3.07. The molecule has 0 aromatic carbocycles. The zero-order chi connectivity index (χ0) is 14.4. The molecule has 0 amide bonds. The van der Waals surface area contributed by atoms with Crippen LogP contribution in [0.4, 0.5) is 0 Å². The van der Waals surface area contributed by atoms with Crippen LogP contribution < -0.4 is 11.3 Å². The maximum Gasteiger partial charge on any atom is 0.0596 e. The molecule has 0 aliphatic carbocycles. The van der Waals surface area contributed by atoms with Crippen LogP contribution in [0.15, 0.2) is 23.6 Å². The summed E-state index contributed by atoms with van der Waals surface area (Å²) >= 11 is 1.83. The van der Waals surface area contributed by atoms with E-state index < -0.39 is 0 Å². The summed E-state index contributed by atoms with van der Waals surface area (Å²) in [5.41, 5.74) is 5.30. The number of hydrazine groups is 1. The molecule has 1 atom stereocenters. The highest BCUT2D eigenvalue weighted by Crippen LogP contribution is 2.15. The third-order valence-electron chi connectivity index (χ3n) is 3.53. The van der Waals surface area contributed by atoms with E-state index in [0.717, 1.165) is 37.9 Å². The topological polar surface area (TPSA) is 55.9 Å². The first kappa shape index (κ1) is 15.2. The van der Waals surface area contributed by atoms with Crippen molar-refractivity contribution in [3.63, 3.8) is 0 Å². The summed E-state index contributed by atoms with van der Waals surface area (Å²) in [6.07, 6.45) is 4.33. The van der Waals surface area contributed by atoms with Gasteiger partial charge in [0.15, 0.2) is 0 Å². The molecule has 3 N–H and O–H groups in total. The maximum absolute atomic E-state index is 5.70. The van der Waals surface area contributed by atoms with E-state index in [1.54, 1.807) is 0 Å². The molecule has 110 valence electrons. The summed E-state index contributed by atoms with van der Waals surface area (Å²) in [7, 11) is 0. The Kier molecular flexibility index (Phi) is 5.76. The van der Waals surface area contributed by atoms with Gasteiger partial charge in [0.05, 0.1) is 5.69 Å². The summed E-state index contributed by atoms with van der Waals surface area (Å²) in [4.78, 5) is 1.45. The van der Waals surface area contributed by atoms with Crippen LogP contribution in [0.5, 0.6) is 0 Å². The zero-order valence-electron chi connectivity index (χ0n) is 12.3. The van der Waals surface area contributed by atoms with Crippen LogP contribution in [0, 0.1) is 6.92 Å². The van der Waals surface area contributed by atoms with E-state index in [9.17, 15) is 0 Å². The summed E-state index contributed by atoms with van der Waals surface area (Å²) in [5, 5.41) is 6.62. The van der Waals surface area contributed by atoms with Crippen LogP contribution in [0.2, 0.25) is 0 Å². The number of thiophene rings is 1. The molecule has 0 saturated heterocycles. The highest BCUT2D eigenvalue weighted by molar-refractivity contribution is 7.09. The number of hydrogen-bond donors (Lipinski definition) is 2. The Morgan fingerprint density at radius 1 is 1.50 bits per heavy atom. The van der Waals surface area contributed by atoms with E-state index in [-0.39, 0.29) is 0 Å². The van der Waals surface area contributed by atoms with Gasteiger partial charge in [0.1, 0.15) is 0 Å². The van der Waals surface area contributed by atoms with E-state index in [4.69, 9.17) is 5.84 Å². The number of rotatable bonds is 8. The van der Waals surface area contributed by atoms with Gasteiger partial charge in [-0.1, -0.05) is 6.07 Å². The van der Waals surface area contributed by atoms with E-state index in [1.807, 2.05) is 18.3 Å². The molecule has 5 heteroatoms.